The summed E-state index contributed by atoms with van der Waals surface area (Å²) in [4.78, 5) is 16.3. The molecular formula is C14H24N4O. The van der Waals surface area contributed by atoms with E-state index >= 15 is 0 Å². The molecule has 0 atom stereocenters. The number of aromatic nitrogens is 2. The molecule has 0 aliphatic heterocycles. The monoisotopic (exact) mass is 264 g/mol. The van der Waals surface area contributed by atoms with Gasteiger partial charge < -0.3 is 15.6 Å². The molecule has 0 saturated heterocycles. The van der Waals surface area contributed by atoms with Crippen molar-refractivity contribution in [2.75, 3.05) is 11.9 Å². The number of rotatable bonds is 4. The minimum Gasteiger partial charge on any atom is -0.365 e. The summed E-state index contributed by atoms with van der Waals surface area (Å²) < 4.78 is 1.70. The van der Waals surface area contributed by atoms with Crippen LogP contribution in [0.5, 0.6) is 0 Å². The molecule has 1 aromatic rings. The lowest BCUT2D eigenvalue weighted by Gasteiger charge is -2.26. The van der Waals surface area contributed by atoms with Crippen LogP contribution in [0, 0.1) is 5.92 Å². The van der Waals surface area contributed by atoms with Gasteiger partial charge in [0.05, 0.1) is 0 Å². The second-order valence-electron chi connectivity index (χ2n) is 5.74. The van der Waals surface area contributed by atoms with Crippen molar-refractivity contribution < 1.29 is 0 Å². The third-order valence-corrected chi connectivity index (χ3v) is 3.87. The van der Waals surface area contributed by atoms with E-state index in [-0.39, 0.29) is 11.6 Å². The Labute approximate surface area is 114 Å². The number of nitrogens with two attached hydrogens (primary N) is 1. The Balaban J connectivity index is 1.96. The maximum atomic E-state index is 12.2. The zero-order valence-electron chi connectivity index (χ0n) is 11.8. The average molecular weight is 264 g/mol. The van der Waals surface area contributed by atoms with Crippen LogP contribution in [0.15, 0.2) is 17.2 Å². The zero-order chi connectivity index (χ0) is 13.8. The largest absolute Gasteiger partial charge is 0.365 e. The molecule has 3 N–H and O–H groups in total. The molecule has 106 valence electrons. The molecule has 0 radical (unpaired) electrons. The van der Waals surface area contributed by atoms with Crippen LogP contribution >= 0.6 is 0 Å². The molecule has 1 heterocycles. The van der Waals surface area contributed by atoms with Crippen molar-refractivity contribution in [3.63, 3.8) is 0 Å². The summed E-state index contributed by atoms with van der Waals surface area (Å²) >= 11 is 0. The van der Waals surface area contributed by atoms with Gasteiger partial charge in [-0.3, -0.25) is 4.79 Å². The Kier molecular flexibility index (Phi) is 4.58. The summed E-state index contributed by atoms with van der Waals surface area (Å²) in [5.74, 6) is 1.07. The third-order valence-electron chi connectivity index (χ3n) is 3.87. The fraction of sp³-hybridized carbons (Fsp3) is 0.714. The highest BCUT2D eigenvalue weighted by molar-refractivity contribution is 5.30. The summed E-state index contributed by atoms with van der Waals surface area (Å²) in [5.41, 5.74) is 5.86. The van der Waals surface area contributed by atoms with E-state index in [0.717, 1.165) is 32.2 Å². The zero-order valence-corrected chi connectivity index (χ0v) is 11.8. The summed E-state index contributed by atoms with van der Waals surface area (Å²) in [7, 11) is 0. The highest BCUT2D eigenvalue weighted by atomic mass is 16.1. The van der Waals surface area contributed by atoms with Crippen LogP contribution in [-0.4, -0.2) is 22.1 Å². The van der Waals surface area contributed by atoms with Gasteiger partial charge in [-0.2, -0.15) is 0 Å². The number of hydrogen-bond donors (Lipinski definition) is 2. The first kappa shape index (κ1) is 14.1. The Morgan fingerprint density at radius 3 is 2.74 bits per heavy atom. The van der Waals surface area contributed by atoms with Gasteiger partial charge >= 0.3 is 0 Å². The van der Waals surface area contributed by atoms with Gasteiger partial charge in [0.15, 0.2) is 5.82 Å². The fourth-order valence-corrected chi connectivity index (χ4v) is 2.59. The smallest absolute Gasteiger partial charge is 0.293 e. The topological polar surface area (TPSA) is 72.9 Å². The van der Waals surface area contributed by atoms with E-state index in [2.05, 4.69) is 10.3 Å². The predicted molar refractivity (Wildman–Crippen MR) is 77.3 cm³/mol. The van der Waals surface area contributed by atoms with Crippen LogP contribution in [0.4, 0.5) is 5.82 Å². The molecule has 5 heteroatoms. The Morgan fingerprint density at radius 2 is 2.11 bits per heavy atom. The molecular weight excluding hydrogens is 240 g/mol. The second kappa shape index (κ2) is 6.19. The van der Waals surface area contributed by atoms with Crippen LogP contribution < -0.4 is 16.6 Å². The lowest BCUT2D eigenvalue weighted by molar-refractivity contribution is 0.338. The van der Waals surface area contributed by atoms with Gasteiger partial charge in [-0.25, -0.2) is 4.98 Å². The Hall–Kier alpha value is -1.36. The first-order valence-corrected chi connectivity index (χ1v) is 7.14. The molecule has 0 aromatic carbocycles. The van der Waals surface area contributed by atoms with Gasteiger partial charge in [0.2, 0.25) is 0 Å². The molecule has 1 saturated carbocycles. The minimum atomic E-state index is -0.0370. The normalized spacial score (nSPS) is 23.6. The molecule has 5 nitrogen and oxygen atoms in total. The van der Waals surface area contributed by atoms with Crippen molar-refractivity contribution in [3.8, 4) is 0 Å². The van der Waals surface area contributed by atoms with Gasteiger partial charge in [-0.05, 0) is 45.4 Å². The number of nitrogens with one attached hydrogen (secondary N) is 1. The van der Waals surface area contributed by atoms with Crippen molar-refractivity contribution in [3.05, 3.63) is 22.7 Å². The van der Waals surface area contributed by atoms with Crippen LogP contribution in [-0.2, 0) is 0 Å². The van der Waals surface area contributed by atoms with Crippen molar-refractivity contribution in [2.45, 2.75) is 51.6 Å². The molecule has 0 spiro atoms. The van der Waals surface area contributed by atoms with Crippen LogP contribution in [0.3, 0.4) is 0 Å². The highest BCUT2D eigenvalue weighted by Gasteiger charge is 2.18. The first-order valence-electron chi connectivity index (χ1n) is 7.14. The van der Waals surface area contributed by atoms with E-state index in [1.165, 1.54) is 0 Å². The van der Waals surface area contributed by atoms with Crippen LogP contribution in [0.2, 0.25) is 0 Å². The lowest BCUT2D eigenvalue weighted by atomic mass is 9.86. The van der Waals surface area contributed by atoms with E-state index in [4.69, 9.17) is 5.73 Å². The fourth-order valence-electron chi connectivity index (χ4n) is 2.59. The summed E-state index contributed by atoms with van der Waals surface area (Å²) in [6.45, 7) is 4.80. The molecule has 19 heavy (non-hydrogen) atoms. The standard InChI is InChI=1S/C14H24N4O/c1-10(2)18-8-7-16-13(14(18)19)17-9-11-3-5-12(15)6-4-11/h7-8,10-12H,3-6,9,15H2,1-2H3,(H,16,17). The van der Waals surface area contributed by atoms with E-state index in [0.29, 0.717) is 17.8 Å². The summed E-state index contributed by atoms with van der Waals surface area (Å²) in [6.07, 6.45) is 7.87. The van der Waals surface area contributed by atoms with E-state index in [1.807, 2.05) is 13.8 Å². The number of anilines is 1. The molecule has 0 unspecified atom stereocenters. The summed E-state index contributed by atoms with van der Waals surface area (Å²) in [5, 5.41) is 3.21. The molecule has 1 fully saturated rings. The minimum absolute atomic E-state index is 0.0370. The maximum absolute atomic E-state index is 12.2. The van der Waals surface area contributed by atoms with E-state index in [1.54, 1.807) is 17.0 Å². The van der Waals surface area contributed by atoms with Gasteiger partial charge in [0.1, 0.15) is 0 Å². The van der Waals surface area contributed by atoms with Gasteiger partial charge in [0, 0.05) is 31.0 Å². The summed E-state index contributed by atoms with van der Waals surface area (Å²) in [6, 6.07) is 0.521. The average Bonchev–Trinajstić information content (AvgIpc) is 2.39. The van der Waals surface area contributed by atoms with Gasteiger partial charge in [-0.15, -0.1) is 0 Å². The van der Waals surface area contributed by atoms with Crippen LogP contribution in [0.1, 0.15) is 45.6 Å². The van der Waals surface area contributed by atoms with Crippen molar-refractivity contribution >= 4 is 5.82 Å². The number of nitrogens with zero attached hydrogens (tertiary/aromatic N) is 2. The molecule has 0 bridgehead atoms. The first-order chi connectivity index (χ1) is 9.08. The number of hydrogen-bond acceptors (Lipinski definition) is 4. The molecule has 1 aliphatic rings. The SMILES string of the molecule is CC(C)n1ccnc(NCC2CCC(N)CC2)c1=O. The third kappa shape index (κ3) is 3.56. The Morgan fingerprint density at radius 1 is 1.42 bits per heavy atom. The van der Waals surface area contributed by atoms with E-state index < -0.39 is 0 Å². The van der Waals surface area contributed by atoms with E-state index in [9.17, 15) is 4.79 Å². The quantitative estimate of drug-likeness (QED) is 0.869. The molecule has 1 aromatic heterocycles. The lowest BCUT2D eigenvalue weighted by Crippen LogP contribution is -2.31. The molecule has 2 rings (SSSR count). The Bertz CT molecular complexity index is 461. The van der Waals surface area contributed by atoms with Crippen molar-refractivity contribution in [2.24, 2.45) is 11.7 Å². The van der Waals surface area contributed by atoms with Crippen LogP contribution in [0.25, 0.3) is 0 Å². The van der Waals surface area contributed by atoms with Crippen molar-refractivity contribution in [1.82, 2.24) is 9.55 Å². The second-order valence-corrected chi connectivity index (χ2v) is 5.74. The molecule has 0 amide bonds. The van der Waals surface area contributed by atoms with Gasteiger partial charge in [0.25, 0.3) is 5.56 Å². The van der Waals surface area contributed by atoms with Gasteiger partial charge in [-0.1, -0.05) is 0 Å². The predicted octanol–water partition coefficient (Wildman–Crippen LogP) is 1.75. The molecule has 1 aliphatic carbocycles. The van der Waals surface area contributed by atoms with Crippen molar-refractivity contribution in [1.29, 1.82) is 0 Å². The highest BCUT2D eigenvalue weighted by Crippen LogP contribution is 2.22. The maximum Gasteiger partial charge on any atom is 0.293 e.